The molecular weight excluding hydrogens is 367 g/mol. The van der Waals surface area contributed by atoms with E-state index in [0.717, 1.165) is 0 Å². The minimum Gasteiger partial charge on any atom is -0.449 e. The molecule has 2 aromatic carbocycles. The number of carbonyl (C=O) groups excluding carboxylic acids is 3. The first kappa shape index (κ1) is 18.8. The van der Waals surface area contributed by atoms with Gasteiger partial charge in [0.2, 0.25) is 5.91 Å². The van der Waals surface area contributed by atoms with Gasteiger partial charge in [-0.2, -0.15) is 0 Å². The van der Waals surface area contributed by atoms with Crippen molar-refractivity contribution in [2.75, 3.05) is 5.32 Å². The van der Waals surface area contributed by atoms with E-state index in [0.29, 0.717) is 11.3 Å². The highest BCUT2D eigenvalue weighted by Gasteiger charge is 2.22. The minimum absolute atomic E-state index is 0.00343. The predicted molar refractivity (Wildman–Crippen MR) is 94.9 cm³/mol. The van der Waals surface area contributed by atoms with Gasteiger partial charge in [0.25, 0.3) is 5.91 Å². The molecule has 0 aliphatic rings. The molecule has 0 heterocycles. The molecule has 130 valence electrons. The van der Waals surface area contributed by atoms with Gasteiger partial charge in [0.05, 0.1) is 15.6 Å². The van der Waals surface area contributed by atoms with Crippen molar-refractivity contribution in [2.45, 2.75) is 13.0 Å². The zero-order valence-corrected chi connectivity index (χ0v) is 14.6. The molecule has 0 bridgehead atoms. The standard InChI is InChI=1S/C17H14Cl2N2O4/c1-9(25-17(24)14-12(18)3-2-4-13(14)19)16(23)21-11-7-5-10(6-8-11)15(20)22/h2-9H,1H3,(H2,20,22)(H,21,23). The van der Waals surface area contributed by atoms with Crippen molar-refractivity contribution in [3.05, 3.63) is 63.6 Å². The lowest BCUT2D eigenvalue weighted by Gasteiger charge is -2.14. The van der Waals surface area contributed by atoms with Crippen LogP contribution in [0.2, 0.25) is 10.0 Å². The van der Waals surface area contributed by atoms with Gasteiger partial charge in [-0.25, -0.2) is 4.79 Å². The van der Waals surface area contributed by atoms with Crippen LogP contribution in [0.3, 0.4) is 0 Å². The molecule has 0 aromatic heterocycles. The van der Waals surface area contributed by atoms with Gasteiger partial charge in [-0.05, 0) is 43.3 Å². The maximum absolute atomic E-state index is 12.2. The molecule has 0 radical (unpaired) electrons. The fourth-order valence-corrected chi connectivity index (χ4v) is 2.48. The van der Waals surface area contributed by atoms with Crippen LogP contribution in [0.15, 0.2) is 42.5 Å². The van der Waals surface area contributed by atoms with Crippen LogP contribution in [-0.2, 0) is 9.53 Å². The summed E-state index contributed by atoms with van der Waals surface area (Å²) in [4.78, 5) is 35.3. The number of anilines is 1. The van der Waals surface area contributed by atoms with Gasteiger partial charge in [0, 0.05) is 11.3 Å². The van der Waals surface area contributed by atoms with Crippen LogP contribution in [-0.4, -0.2) is 23.9 Å². The largest absolute Gasteiger partial charge is 0.449 e. The number of nitrogens with one attached hydrogen (secondary N) is 1. The maximum atomic E-state index is 12.2. The van der Waals surface area contributed by atoms with Gasteiger partial charge in [-0.1, -0.05) is 29.3 Å². The van der Waals surface area contributed by atoms with E-state index in [9.17, 15) is 14.4 Å². The number of hydrogen-bond donors (Lipinski definition) is 2. The van der Waals surface area contributed by atoms with Crippen LogP contribution in [0.1, 0.15) is 27.6 Å². The molecule has 0 saturated heterocycles. The number of amides is 2. The molecule has 1 unspecified atom stereocenters. The summed E-state index contributed by atoms with van der Waals surface area (Å²) in [6.45, 7) is 1.41. The van der Waals surface area contributed by atoms with Gasteiger partial charge in [0.15, 0.2) is 6.10 Å². The molecule has 0 aliphatic heterocycles. The molecule has 2 amide bonds. The summed E-state index contributed by atoms with van der Waals surface area (Å²) in [5.41, 5.74) is 5.87. The van der Waals surface area contributed by atoms with Crippen molar-refractivity contribution in [1.29, 1.82) is 0 Å². The molecule has 3 N–H and O–H groups in total. The molecule has 0 spiro atoms. The number of ether oxygens (including phenoxy) is 1. The van der Waals surface area contributed by atoms with E-state index in [1.54, 1.807) is 6.07 Å². The van der Waals surface area contributed by atoms with E-state index in [4.69, 9.17) is 33.7 Å². The van der Waals surface area contributed by atoms with Crippen LogP contribution in [0.5, 0.6) is 0 Å². The highest BCUT2D eigenvalue weighted by Crippen LogP contribution is 2.25. The Balaban J connectivity index is 2.02. The third-order valence-electron chi connectivity index (χ3n) is 3.26. The molecule has 1 atom stereocenters. The number of hydrogen-bond acceptors (Lipinski definition) is 4. The van der Waals surface area contributed by atoms with Gasteiger partial charge in [0.1, 0.15) is 0 Å². The summed E-state index contributed by atoms with van der Waals surface area (Å²) >= 11 is 11.9. The second-order valence-electron chi connectivity index (χ2n) is 5.08. The highest BCUT2D eigenvalue weighted by atomic mass is 35.5. The fourth-order valence-electron chi connectivity index (χ4n) is 1.93. The van der Waals surface area contributed by atoms with Crippen LogP contribution in [0.25, 0.3) is 0 Å². The van der Waals surface area contributed by atoms with Crippen molar-refractivity contribution in [3.8, 4) is 0 Å². The first-order valence-corrected chi connectivity index (χ1v) is 7.91. The van der Waals surface area contributed by atoms with E-state index in [-0.39, 0.29) is 15.6 Å². The number of benzene rings is 2. The Bertz CT molecular complexity index is 802. The second-order valence-corrected chi connectivity index (χ2v) is 5.89. The first-order chi connectivity index (χ1) is 11.8. The molecule has 25 heavy (non-hydrogen) atoms. The Labute approximate surface area is 153 Å². The highest BCUT2D eigenvalue weighted by molar-refractivity contribution is 6.39. The monoisotopic (exact) mass is 380 g/mol. The minimum atomic E-state index is -1.09. The van der Waals surface area contributed by atoms with Crippen molar-refractivity contribution in [2.24, 2.45) is 5.73 Å². The lowest BCUT2D eigenvalue weighted by atomic mass is 10.2. The van der Waals surface area contributed by atoms with E-state index < -0.39 is 23.9 Å². The van der Waals surface area contributed by atoms with Gasteiger partial charge in [-0.15, -0.1) is 0 Å². The van der Waals surface area contributed by atoms with Gasteiger partial charge in [-0.3, -0.25) is 9.59 Å². The first-order valence-electron chi connectivity index (χ1n) is 7.15. The number of nitrogens with two attached hydrogens (primary N) is 1. The van der Waals surface area contributed by atoms with E-state index in [2.05, 4.69) is 5.32 Å². The van der Waals surface area contributed by atoms with Crippen LogP contribution in [0.4, 0.5) is 5.69 Å². The molecular formula is C17H14Cl2N2O4. The molecule has 6 nitrogen and oxygen atoms in total. The topological polar surface area (TPSA) is 98.5 Å². The summed E-state index contributed by atoms with van der Waals surface area (Å²) in [5, 5.41) is 2.82. The van der Waals surface area contributed by atoms with Crippen LogP contribution in [0, 0.1) is 0 Å². The molecule has 8 heteroatoms. The number of carbonyl (C=O) groups is 3. The van der Waals surface area contributed by atoms with Crippen molar-refractivity contribution < 1.29 is 19.1 Å². The summed E-state index contributed by atoms with van der Waals surface area (Å²) in [6, 6.07) is 10.5. The zero-order valence-electron chi connectivity index (χ0n) is 13.1. The third-order valence-corrected chi connectivity index (χ3v) is 3.89. The Morgan fingerprint density at radius 2 is 1.60 bits per heavy atom. The van der Waals surface area contributed by atoms with Crippen LogP contribution >= 0.6 is 23.2 Å². The van der Waals surface area contributed by atoms with Crippen molar-refractivity contribution >= 4 is 46.7 Å². The van der Waals surface area contributed by atoms with E-state index >= 15 is 0 Å². The molecule has 2 aromatic rings. The Kier molecular flexibility index (Phi) is 6.01. The van der Waals surface area contributed by atoms with Crippen molar-refractivity contribution in [1.82, 2.24) is 0 Å². The summed E-state index contributed by atoms with van der Waals surface area (Å²) in [7, 11) is 0. The number of rotatable bonds is 5. The SMILES string of the molecule is CC(OC(=O)c1c(Cl)cccc1Cl)C(=O)Nc1ccc(C(N)=O)cc1. The average molecular weight is 381 g/mol. The van der Waals surface area contributed by atoms with Gasteiger partial charge >= 0.3 is 5.97 Å². The number of halogens is 2. The lowest BCUT2D eigenvalue weighted by Crippen LogP contribution is -2.30. The normalized spacial score (nSPS) is 11.5. The fraction of sp³-hybridized carbons (Fsp3) is 0.118. The number of esters is 1. The molecule has 0 aliphatic carbocycles. The zero-order chi connectivity index (χ0) is 18.6. The smallest absolute Gasteiger partial charge is 0.341 e. The maximum Gasteiger partial charge on any atom is 0.341 e. The molecule has 2 rings (SSSR count). The Morgan fingerprint density at radius 1 is 1.04 bits per heavy atom. The third kappa shape index (κ3) is 4.71. The summed E-state index contributed by atoms with van der Waals surface area (Å²) in [5.74, 6) is -1.93. The lowest BCUT2D eigenvalue weighted by molar-refractivity contribution is -0.123. The Hall–Kier alpha value is -2.57. The van der Waals surface area contributed by atoms with E-state index in [1.807, 2.05) is 0 Å². The summed E-state index contributed by atoms with van der Waals surface area (Å²) < 4.78 is 5.10. The van der Waals surface area contributed by atoms with E-state index in [1.165, 1.54) is 43.3 Å². The summed E-state index contributed by atoms with van der Waals surface area (Å²) in [6.07, 6.45) is -1.09. The predicted octanol–water partition coefficient (Wildman–Crippen LogP) is 3.28. The van der Waals surface area contributed by atoms with Gasteiger partial charge < -0.3 is 15.8 Å². The van der Waals surface area contributed by atoms with Crippen LogP contribution < -0.4 is 11.1 Å². The second kappa shape index (κ2) is 8.00. The Morgan fingerprint density at radius 3 is 2.12 bits per heavy atom. The quantitative estimate of drug-likeness (QED) is 0.777. The average Bonchev–Trinajstić information content (AvgIpc) is 2.55. The molecule has 0 saturated carbocycles. The number of primary amides is 1. The van der Waals surface area contributed by atoms with Crippen molar-refractivity contribution in [3.63, 3.8) is 0 Å². The molecule has 0 fully saturated rings.